The van der Waals surface area contributed by atoms with Gasteiger partial charge in [0.2, 0.25) is 10.0 Å². The standard InChI is InChI=1S/C16H19N3O3S/c1-18-9-4-7-15(18)16(20)17-14-6-3-5-12-11-19(23(2,21)22)10-8-13(12)14/h3-7,9H,8,10-11H2,1-2H3,(H,17,20). The summed E-state index contributed by atoms with van der Waals surface area (Å²) in [5, 5.41) is 2.94. The largest absolute Gasteiger partial charge is 0.347 e. The van der Waals surface area contributed by atoms with Crippen LogP contribution in [-0.2, 0) is 30.0 Å². The quantitative estimate of drug-likeness (QED) is 0.927. The maximum absolute atomic E-state index is 12.4. The highest BCUT2D eigenvalue weighted by atomic mass is 32.2. The van der Waals surface area contributed by atoms with Crippen molar-refractivity contribution in [3.63, 3.8) is 0 Å². The first kappa shape index (κ1) is 15.8. The summed E-state index contributed by atoms with van der Waals surface area (Å²) in [7, 11) is -1.38. The highest BCUT2D eigenvalue weighted by Gasteiger charge is 2.25. The zero-order valence-corrected chi connectivity index (χ0v) is 13.9. The van der Waals surface area contributed by atoms with E-state index in [9.17, 15) is 13.2 Å². The van der Waals surface area contributed by atoms with Gasteiger partial charge in [0.25, 0.3) is 5.91 Å². The number of benzene rings is 1. The fourth-order valence-corrected chi connectivity index (χ4v) is 3.66. The molecule has 0 unspecified atom stereocenters. The summed E-state index contributed by atoms with van der Waals surface area (Å²) in [5.74, 6) is -0.170. The van der Waals surface area contributed by atoms with Crippen LogP contribution in [0, 0.1) is 0 Å². The van der Waals surface area contributed by atoms with E-state index in [2.05, 4.69) is 5.32 Å². The number of carbonyl (C=O) groups excluding carboxylic acids is 1. The molecule has 0 saturated heterocycles. The van der Waals surface area contributed by atoms with Crippen LogP contribution in [0.4, 0.5) is 5.69 Å². The molecular weight excluding hydrogens is 314 g/mol. The molecule has 1 aromatic carbocycles. The van der Waals surface area contributed by atoms with Crippen LogP contribution in [0.2, 0.25) is 0 Å². The minimum atomic E-state index is -3.20. The zero-order valence-electron chi connectivity index (χ0n) is 13.1. The zero-order chi connectivity index (χ0) is 16.6. The second kappa shape index (κ2) is 5.82. The Morgan fingerprint density at radius 2 is 2.00 bits per heavy atom. The summed E-state index contributed by atoms with van der Waals surface area (Å²) in [6.45, 7) is 0.783. The number of nitrogens with zero attached hydrogens (tertiary/aromatic N) is 2. The molecule has 7 heteroatoms. The molecule has 1 aliphatic heterocycles. The highest BCUT2D eigenvalue weighted by Crippen LogP contribution is 2.27. The second-order valence-corrected chi connectivity index (χ2v) is 7.73. The van der Waals surface area contributed by atoms with Gasteiger partial charge in [-0.3, -0.25) is 4.79 Å². The Morgan fingerprint density at radius 3 is 2.65 bits per heavy atom. The van der Waals surface area contributed by atoms with Crippen LogP contribution in [0.15, 0.2) is 36.5 Å². The van der Waals surface area contributed by atoms with E-state index >= 15 is 0 Å². The molecule has 0 fully saturated rings. The predicted molar refractivity (Wildman–Crippen MR) is 88.8 cm³/mol. The molecule has 2 heterocycles. The van der Waals surface area contributed by atoms with Crippen molar-refractivity contribution in [2.24, 2.45) is 7.05 Å². The Kier molecular flexibility index (Phi) is 3.99. The molecule has 2 aromatic rings. The summed E-state index contributed by atoms with van der Waals surface area (Å²) < 4.78 is 26.6. The molecule has 0 atom stereocenters. The predicted octanol–water partition coefficient (Wildman–Crippen LogP) is 1.60. The van der Waals surface area contributed by atoms with Gasteiger partial charge < -0.3 is 9.88 Å². The van der Waals surface area contributed by atoms with Gasteiger partial charge in [0, 0.05) is 32.0 Å². The van der Waals surface area contributed by atoms with Gasteiger partial charge in [0.05, 0.1) is 6.26 Å². The summed E-state index contributed by atoms with van der Waals surface area (Å²) in [5.41, 5.74) is 3.28. The first-order chi connectivity index (χ1) is 10.9. The number of carbonyl (C=O) groups is 1. The van der Waals surface area contributed by atoms with E-state index in [1.54, 1.807) is 10.6 Å². The molecule has 0 bridgehead atoms. The van der Waals surface area contributed by atoms with Crippen LogP contribution in [0.25, 0.3) is 0 Å². The number of amides is 1. The first-order valence-corrected chi connectivity index (χ1v) is 9.19. The summed E-state index contributed by atoms with van der Waals surface area (Å²) in [4.78, 5) is 12.4. The topological polar surface area (TPSA) is 71.4 Å². The van der Waals surface area contributed by atoms with Crippen LogP contribution >= 0.6 is 0 Å². The van der Waals surface area contributed by atoms with Gasteiger partial charge in [0.1, 0.15) is 5.69 Å². The van der Waals surface area contributed by atoms with E-state index in [0.29, 0.717) is 25.2 Å². The molecule has 122 valence electrons. The SMILES string of the molecule is Cn1cccc1C(=O)Nc1cccc2c1CCN(S(C)(=O)=O)C2. The Morgan fingerprint density at radius 1 is 1.22 bits per heavy atom. The number of hydrogen-bond donors (Lipinski definition) is 1. The van der Waals surface area contributed by atoms with E-state index in [-0.39, 0.29) is 5.91 Å². The number of fused-ring (bicyclic) bond motifs is 1. The molecule has 0 spiro atoms. The monoisotopic (exact) mass is 333 g/mol. The van der Waals surface area contributed by atoms with Crippen molar-refractivity contribution in [3.05, 3.63) is 53.3 Å². The van der Waals surface area contributed by atoms with Crippen molar-refractivity contribution in [2.75, 3.05) is 18.1 Å². The number of anilines is 1. The number of aryl methyl sites for hydroxylation is 1. The first-order valence-electron chi connectivity index (χ1n) is 7.35. The van der Waals surface area contributed by atoms with Gasteiger partial charge in [-0.25, -0.2) is 8.42 Å². The Bertz CT molecular complexity index is 855. The lowest BCUT2D eigenvalue weighted by atomic mass is 9.99. The number of sulfonamides is 1. The summed E-state index contributed by atoms with van der Waals surface area (Å²) >= 11 is 0. The summed E-state index contributed by atoms with van der Waals surface area (Å²) in [6, 6.07) is 9.18. The van der Waals surface area contributed by atoms with Crippen molar-refractivity contribution in [2.45, 2.75) is 13.0 Å². The Balaban J connectivity index is 1.86. The molecule has 0 radical (unpaired) electrons. The highest BCUT2D eigenvalue weighted by molar-refractivity contribution is 7.88. The maximum atomic E-state index is 12.4. The summed E-state index contributed by atoms with van der Waals surface area (Å²) in [6.07, 6.45) is 3.63. The molecule has 0 aliphatic carbocycles. The van der Waals surface area contributed by atoms with Crippen molar-refractivity contribution in [1.82, 2.24) is 8.87 Å². The molecular formula is C16H19N3O3S. The Hall–Kier alpha value is -2.12. The average molecular weight is 333 g/mol. The second-order valence-electron chi connectivity index (χ2n) is 5.75. The fraction of sp³-hybridized carbons (Fsp3) is 0.312. The van der Waals surface area contributed by atoms with Crippen LogP contribution in [0.3, 0.4) is 0 Å². The van der Waals surface area contributed by atoms with Gasteiger partial charge >= 0.3 is 0 Å². The lowest BCUT2D eigenvalue weighted by molar-refractivity contribution is 0.101. The third-order valence-electron chi connectivity index (χ3n) is 4.12. The van der Waals surface area contributed by atoms with Gasteiger partial charge in [-0.1, -0.05) is 12.1 Å². The van der Waals surface area contributed by atoms with Gasteiger partial charge in [-0.05, 0) is 35.7 Å². The molecule has 0 saturated carbocycles. The van der Waals surface area contributed by atoms with Crippen LogP contribution in [0.5, 0.6) is 0 Å². The molecule has 1 N–H and O–H groups in total. The Labute approximate surface area is 135 Å². The van der Waals surface area contributed by atoms with Crippen molar-refractivity contribution >= 4 is 21.6 Å². The maximum Gasteiger partial charge on any atom is 0.272 e. The third kappa shape index (κ3) is 3.16. The van der Waals surface area contributed by atoms with E-state index in [1.165, 1.54) is 10.6 Å². The normalized spacial score (nSPS) is 15.2. The smallest absolute Gasteiger partial charge is 0.272 e. The van der Waals surface area contributed by atoms with Crippen LogP contribution in [0.1, 0.15) is 21.6 Å². The van der Waals surface area contributed by atoms with E-state index in [4.69, 9.17) is 0 Å². The van der Waals surface area contributed by atoms with E-state index in [1.807, 2.05) is 37.5 Å². The van der Waals surface area contributed by atoms with Crippen LogP contribution in [-0.4, -0.2) is 36.0 Å². The minimum absolute atomic E-state index is 0.170. The molecule has 1 aliphatic rings. The number of aromatic nitrogens is 1. The van der Waals surface area contributed by atoms with Gasteiger partial charge in [-0.15, -0.1) is 0 Å². The molecule has 1 aromatic heterocycles. The van der Waals surface area contributed by atoms with E-state index < -0.39 is 10.0 Å². The fourth-order valence-electron chi connectivity index (χ4n) is 2.87. The van der Waals surface area contributed by atoms with Crippen molar-refractivity contribution in [3.8, 4) is 0 Å². The number of nitrogens with one attached hydrogen (secondary N) is 1. The van der Waals surface area contributed by atoms with Crippen molar-refractivity contribution < 1.29 is 13.2 Å². The number of hydrogen-bond acceptors (Lipinski definition) is 3. The van der Waals surface area contributed by atoms with Gasteiger partial charge in [0.15, 0.2) is 0 Å². The molecule has 23 heavy (non-hydrogen) atoms. The van der Waals surface area contributed by atoms with Crippen LogP contribution < -0.4 is 5.32 Å². The minimum Gasteiger partial charge on any atom is -0.347 e. The molecule has 3 rings (SSSR count). The lowest BCUT2D eigenvalue weighted by Gasteiger charge is -2.28. The number of rotatable bonds is 3. The molecule has 1 amide bonds. The van der Waals surface area contributed by atoms with E-state index in [0.717, 1.165) is 16.8 Å². The average Bonchev–Trinajstić information content (AvgIpc) is 2.92. The van der Waals surface area contributed by atoms with Gasteiger partial charge in [-0.2, -0.15) is 4.31 Å². The molecule has 6 nitrogen and oxygen atoms in total. The lowest BCUT2D eigenvalue weighted by Crippen LogP contribution is -2.35. The third-order valence-corrected chi connectivity index (χ3v) is 5.37. The van der Waals surface area contributed by atoms with Crippen molar-refractivity contribution in [1.29, 1.82) is 0 Å².